The van der Waals surface area contributed by atoms with Gasteiger partial charge in [-0.1, -0.05) is 35.9 Å². The zero-order chi connectivity index (χ0) is 15.6. The van der Waals surface area contributed by atoms with Crippen molar-refractivity contribution in [3.63, 3.8) is 0 Å². The molecule has 0 aliphatic heterocycles. The van der Waals surface area contributed by atoms with Crippen LogP contribution in [0, 0.1) is 13.8 Å². The Labute approximate surface area is 126 Å². The standard InChI is InChI=1S/C17H21NO2S/c1-12-9-10-15(13(2)11-12)14(3)18-16-7-5-6-8-17(16)21(4,19)20/h5-11,14,18H,1-4H3. The molecule has 0 saturated heterocycles. The minimum atomic E-state index is -3.24. The third-order valence-corrected chi connectivity index (χ3v) is 4.71. The van der Waals surface area contributed by atoms with E-state index in [0.29, 0.717) is 10.6 Å². The SMILES string of the molecule is Cc1ccc(C(C)Nc2ccccc2S(C)(=O)=O)c(C)c1. The molecule has 0 saturated carbocycles. The number of hydrogen-bond donors (Lipinski definition) is 1. The number of aryl methyl sites for hydroxylation is 2. The zero-order valence-electron chi connectivity index (χ0n) is 12.8. The van der Waals surface area contributed by atoms with Crippen LogP contribution in [0.3, 0.4) is 0 Å². The Morgan fingerprint density at radius 3 is 2.33 bits per heavy atom. The smallest absolute Gasteiger partial charge is 0.177 e. The van der Waals surface area contributed by atoms with Crippen molar-refractivity contribution >= 4 is 15.5 Å². The van der Waals surface area contributed by atoms with E-state index >= 15 is 0 Å². The summed E-state index contributed by atoms with van der Waals surface area (Å²) in [6.07, 6.45) is 1.23. The zero-order valence-corrected chi connectivity index (χ0v) is 13.7. The fourth-order valence-electron chi connectivity index (χ4n) is 2.53. The molecule has 21 heavy (non-hydrogen) atoms. The fourth-order valence-corrected chi connectivity index (χ4v) is 3.38. The van der Waals surface area contributed by atoms with Crippen molar-refractivity contribution < 1.29 is 8.42 Å². The van der Waals surface area contributed by atoms with Gasteiger partial charge in [0.1, 0.15) is 0 Å². The molecule has 0 bridgehead atoms. The van der Waals surface area contributed by atoms with Crippen LogP contribution >= 0.6 is 0 Å². The molecule has 0 radical (unpaired) electrons. The van der Waals surface area contributed by atoms with Crippen molar-refractivity contribution in [1.82, 2.24) is 0 Å². The summed E-state index contributed by atoms with van der Waals surface area (Å²) >= 11 is 0. The summed E-state index contributed by atoms with van der Waals surface area (Å²) in [5.41, 5.74) is 4.24. The van der Waals surface area contributed by atoms with Crippen molar-refractivity contribution in [3.8, 4) is 0 Å². The average Bonchev–Trinajstić information content (AvgIpc) is 2.37. The van der Waals surface area contributed by atoms with Crippen molar-refractivity contribution in [1.29, 1.82) is 0 Å². The second-order valence-electron chi connectivity index (χ2n) is 5.49. The van der Waals surface area contributed by atoms with Gasteiger partial charge in [-0.3, -0.25) is 0 Å². The summed E-state index contributed by atoms with van der Waals surface area (Å²) < 4.78 is 23.7. The van der Waals surface area contributed by atoms with Gasteiger partial charge in [0.2, 0.25) is 0 Å². The van der Waals surface area contributed by atoms with Crippen molar-refractivity contribution in [3.05, 3.63) is 59.2 Å². The first-order valence-electron chi connectivity index (χ1n) is 6.92. The lowest BCUT2D eigenvalue weighted by Crippen LogP contribution is -2.11. The van der Waals surface area contributed by atoms with E-state index in [4.69, 9.17) is 0 Å². The van der Waals surface area contributed by atoms with Crippen LogP contribution in [-0.4, -0.2) is 14.7 Å². The quantitative estimate of drug-likeness (QED) is 0.932. The molecule has 0 amide bonds. The van der Waals surface area contributed by atoms with Crippen LogP contribution in [0.1, 0.15) is 29.7 Å². The van der Waals surface area contributed by atoms with E-state index in [2.05, 4.69) is 37.4 Å². The van der Waals surface area contributed by atoms with Crippen LogP contribution in [-0.2, 0) is 9.84 Å². The lowest BCUT2D eigenvalue weighted by Gasteiger charge is -2.20. The van der Waals surface area contributed by atoms with Gasteiger partial charge in [0.15, 0.2) is 9.84 Å². The Morgan fingerprint density at radius 2 is 1.71 bits per heavy atom. The first-order chi connectivity index (χ1) is 9.79. The number of sulfone groups is 1. The summed E-state index contributed by atoms with van der Waals surface area (Å²) in [5, 5.41) is 3.31. The Bertz CT molecular complexity index is 751. The van der Waals surface area contributed by atoms with E-state index in [1.807, 2.05) is 13.0 Å². The summed E-state index contributed by atoms with van der Waals surface area (Å²) in [5.74, 6) is 0. The maximum Gasteiger partial charge on any atom is 0.177 e. The second kappa shape index (κ2) is 5.90. The molecular formula is C17H21NO2S. The predicted molar refractivity (Wildman–Crippen MR) is 87.5 cm³/mol. The summed E-state index contributed by atoms with van der Waals surface area (Å²) in [4.78, 5) is 0.335. The number of anilines is 1. The van der Waals surface area contributed by atoms with Gasteiger partial charge in [0.25, 0.3) is 0 Å². The highest BCUT2D eigenvalue weighted by Gasteiger charge is 2.15. The van der Waals surface area contributed by atoms with Crippen LogP contribution < -0.4 is 5.32 Å². The van der Waals surface area contributed by atoms with Gasteiger partial charge in [0, 0.05) is 12.3 Å². The van der Waals surface area contributed by atoms with Crippen molar-refractivity contribution in [2.75, 3.05) is 11.6 Å². The van der Waals surface area contributed by atoms with E-state index in [-0.39, 0.29) is 6.04 Å². The fraction of sp³-hybridized carbons (Fsp3) is 0.294. The van der Waals surface area contributed by atoms with E-state index < -0.39 is 9.84 Å². The van der Waals surface area contributed by atoms with Crippen molar-refractivity contribution in [2.24, 2.45) is 0 Å². The summed E-state index contributed by atoms with van der Waals surface area (Å²) in [7, 11) is -3.24. The minimum absolute atomic E-state index is 0.0356. The number of rotatable bonds is 4. The predicted octanol–water partition coefficient (Wildman–Crippen LogP) is 3.88. The molecule has 112 valence electrons. The molecule has 1 atom stereocenters. The largest absolute Gasteiger partial charge is 0.377 e. The van der Waals surface area contributed by atoms with E-state index in [0.717, 1.165) is 0 Å². The molecule has 0 aromatic heterocycles. The third-order valence-electron chi connectivity index (χ3n) is 3.55. The normalized spacial score (nSPS) is 13.0. The Balaban J connectivity index is 2.34. The first kappa shape index (κ1) is 15.6. The lowest BCUT2D eigenvalue weighted by molar-refractivity contribution is 0.602. The van der Waals surface area contributed by atoms with Gasteiger partial charge in [-0.05, 0) is 44.0 Å². The van der Waals surface area contributed by atoms with Gasteiger partial charge >= 0.3 is 0 Å². The number of para-hydroxylation sites is 1. The van der Waals surface area contributed by atoms with Gasteiger partial charge in [0.05, 0.1) is 10.6 Å². The van der Waals surface area contributed by atoms with E-state index in [9.17, 15) is 8.42 Å². The molecular weight excluding hydrogens is 282 g/mol. The van der Waals surface area contributed by atoms with E-state index in [1.54, 1.807) is 18.2 Å². The van der Waals surface area contributed by atoms with Crippen LogP contribution in [0.5, 0.6) is 0 Å². The Hall–Kier alpha value is -1.81. The molecule has 1 N–H and O–H groups in total. The molecule has 2 aromatic rings. The molecule has 0 heterocycles. The van der Waals surface area contributed by atoms with Crippen LogP contribution in [0.25, 0.3) is 0 Å². The number of hydrogen-bond acceptors (Lipinski definition) is 3. The monoisotopic (exact) mass is 303 g/mol. The topological polar surface area (TPSA) is 46.2 Å². The maximum atomic E-state index is 11.8. The highest BCUT2D eigenvalue weighted by molar-refractivity contribution is 7.90. The third kappa shape index (κ3) is 3.64. The summed E-state index contributed by atoms with van der Waals surface area (Å²) in [6, 6.07) is 13.3. The molecule has 3 nitrogen and oxygen atoms in total. The minimum Gasteiger partial charge on any atom is -0.377 e. The van der Waals surface area contributed by atoms with Crippen LogP contribution in [0.4, 0.5) is 5.69 Å². The molecule has 1 unspecified atom stereocenters. The molecule has 0 aliphatic carbocycles. The molecule has 0 aliphatic rings. The Kier molecular flexibility index (Phi) is 4.37. The Morgan fingerprint density at radius 1 is 1.05 bits per heavy atom. The van der Waals surface area contributed by atoms with Crippen LogP contribution in [0.2, 0.25) is 0 Å². The second-order valence-corrected chi connectivity index (χ2v) is 7.48. The van der Waals surface area contributed by atoms with Gasteiger partial charge in [-0.15, -0.1) is 0 Å². The van der Waals surface area contributed by atoms with Gasteiger partial charge < -0.3 is 5.32 Å². The maximum absolute atomic E-state index is 11.8. The van der Waals surface area contributed by atoms with Crippen molar-refractivity contribution in [2.45, 2.75) is 31.7 Å². The highest BCUT2D eigenvalue weighted by atomic mass is 32.2. The highest BCUT2D eigenvalue weighted by Crippen LogP contribution is 2.27. The molecule has 2 aromatic carbocycles. The lowest BCUT2D eigenvalue weighted by atomic mass is 10.00. The molecule has 0 spiro atoms. The average molecular weight is 303 g/mol. The number of benzene rings is 2. The van der Waals surface area contributed by atoms with Gasteiger partial charge in [-0.25, -0.2) is 8.42 Å². The van der Waals surface area contributed by atoms with E-state index in [1.165, 1.54) is 22.9 Å². The number of nitrogens with one attached hydrogen (secondary N) is 1. The van der Waals surface area contributed by atoms with Gasteiger partial charge in [-0.2, -0.15) is 0 Å². The molecule has 4 heteroatoms. The molecule has 2 rings (SSSR count). The first-order valence-corrected chi connectivity index (χ1v) is 8.81. The van der Waals surface area contributed by atoms with Crippen LogP contribution in [0.15, 0.2) is 47.4 Å². The summed E-state index contributed by atoms with van der Waals surface area (Å²) in [6.45, 7) is 6.17. The molecule has 0 fully saturated rings.